The van der Waals surface area contributed by atoms with Gasteiger partial charge in [0.25, 0.3) is 5.91 Å². The summed E-state index contributed by atoms with van der Waals surface area (Å²) in [5, 5.41) is 0. The lowest BCUT2D eigenvalue weighted by atomic mass is 10.2. The number of sulfonamides is 1. The van der Waals surface area contributed by atoms with Crippen LogP contribution < -0.4 is 9.80 Å². The third-order valence-electron chi connectivity index (χ3n) is 5.17. The van der Waals surface area contributed by atoms with Crippen molar-refractivity contribution in [3.8, 4) is 0 Å². The molecule has 2 aliphatic rings. The fourth-order valence-corrected chi connectivity index (χ4v) is 4.75. The first-order valence-electron chi connectivity index (χ1n) is 8.86. The molecule has 3 rings (SSSR count). The van der Waals surface area contributed by atoms with E-state index in [9.17, 15) is 13.2 Å². The van der Waals surface area contributed by atoms with Gasteiger partial charge in [-0.1, -0.05) is 17.7 Å². The topological polar surface area (TPSA) is 66.6 Å². The van der Waals surface area contributed by atoms with Gasteiger partial charge in [0.15, 0.2) is 6.54 Å². The van der Waals surface area contributed by atoms with E-state index in [-0.39, 0.29) is 12.6 Å². The maximum Gasteiger partial charge on any atom is 0.278 e. The second-order valence-corrected chi connectivity index (χ2v) is 9.11. The molecule has 0 aromatic heterocycles. The van der Waals surface area contributed by atoms with Crippen molar-refractivity contribution in [2.24, 2.45) is 0 Å². The number of nitrogens with zero attached hydrogens (tertiary/aromatic N) is 2. The number of benzene rings is 1. The summed E-state index contributed by atoms with van der Waals surface area (Å²) in [5.74, 6) is 0.0520. The number of quaternary nitrogens is 2. The first-order chi connectivity index (χ1) is 11.9. The summed E-state index contributed by atoms with van der Waals surface area (Å²) < 4.78 is 26.8. The number of amides is 1. The van der Waals surface area contributed by atoms with Crippen molar-refractivity contribution in [3.63, 3.8) is 0 Å². The molecule has 25 heavy (non-hydrogen) atoms. The molecule has 2 N–H and O–H groups in total. The van der Waals surface area contributed by atoms with E-state index in [1.54, 1.807) is 29.2 Å². The van der Waals surface area contributed by atoms with E-state index in [4.69, 9.17) is 0 Å². The van der Waals surface area contributed by atoms with E-state index in [0.29, 0.717) is 24.5 Å². The molecule has 1 amide bonds. The standard InChI is InChI=1S/C17H26N4O3S/c1-15-3-5-16(6-4-15)25(23,24)21-12-11-20(14-21)17(22)13-19-9-7-18(2)8-10-19/h3-6H,7-14H2,1-2H3/p+2. The SMILES string of the molecule is Cc1ccc(S(=O)(=O)N2CCN(C(=O)C[NH+]3CC[NH+](C)CC3)C2)cc1. The van der Waals surface area contributed by atoms with E-state index in [2.05, 4.69) is 7.05 Å². The van der Waals surface area contributed by atoms with Crippen LogP contribution in [0.4, 0.5) is 0 Å². The predicted molar refractivity (Wildman–Crippen MR) is 93.8 cm³/mol. The second kappa shape index (κ2) is 7.41. The van der Waals surface area contributed by atoms with Crippen LogP contribution in [-0.2, 0) is 14.8 Å². The minimum atomic E-state index is -3.53. The molecule has 0 bridgehead atoms. The van der Waals surface area contributed by atoms with Gasteiger partial charge < -0.3 is 14.7 Å². The summed E-state index contributed by atoms with van der Waals surface area (Å²) in [5.41, 5.74) is 1.02. The zero-order valence-corrected chi connectivity index (χ0v) is 15.8. The van der Waals surface area contributed by atoms with Gasteiger partial charge in [0.05, 0.1) is 18.6 Å². The molecule has 138 valence electrons. The van der Waals surface area contributed by atoms with Gasteiger partial charge in [-0.2, -0.15) is 4.31 Å². The lowest BCUT2D eigenvalue weighted by Gasteiger charge is -2.28. The molecule has 0 unspecified atom stereocenters. The third-order valence-corrected chi connectivity index (χ3v) is 7.02. The van der Waals surface area contributed by atoms with E-state index in [1.165, 1.54) is 14.1 Å². The molecule has 0 spiro atoms. The van der Waals surface area contributed by atoms with Crippen molar-refractivity contribution < 1.29 is 23.0 Å². The van der Waals surface area contributed by atoms with Crippen LogP contribution in [0.25, 0.3) is 0 Å². The van der Waals surface area contributed by atoms with Crippen LogP contribution in [-0.4, -0.2) is 83.1 Å². The minimum absolute atomic E-state index is 0.0520. The number of piperazine rings is 1. The van der Waals surface area contributed by atoms with Crippen LogP contribution in [0.2, 0.25) is 0 Å². The van der Waals surface area contributed by atoms with Crippen LogP contribution >= 0.6 is 0 Å². The lowest BCUT2D eigenvalue weighted by molar-refractivity contribution is -1.000. The van der Waals surface area contributed by atoms with Gasteiger partial charge in [-0.3, -0.25) is 4.79 Å². The number of hydrogen-bond acceptors (Lipinski definition) is 3. The first-order valence-corrected chi connectivity index (χ1v) is 10.3. The van der Waals surface area contributed by atoms with Gasteiger partial charge in [-0.05, 0) is 19.1 Å². The number of aryl methyl sites for hydroxylation is 1. The highest BCUT2D eigenvalue weighted by molar-refractivity contribution is 7.89. The number of rotatable bonds is 4. The van der Waals surface area contributed by atoms with Crippen LogP contribution in [0.3, 0.4) is 0 Å². The molecule has 2 fully saturated rings. The van der Waals surface area contributed by atoms with Gasteiger partial charge in [0.1, 0.15) is 26.2 Å². The van der Waals surface area contributed by atoms with Crippen molar-refractivity contribution in [3.05, 3.63) is 29.8 Å². The van der Waals surface area contributed by atoms with Crippen molar-refractivity contribution in [2.75, 3.05) is 59.5 Å². The summed E-state index contributed by atoms with van der Waals surface area (Å²) >= 11 is 0. The Labute approximate surface area is 149 Å². The van der Waals surface area contributed by atoms with Gasteiger partial charge in [-0.15, -0.1) is 0 Å². The monoisotopic (exact) mass is 368 g/mol. The summed E-state index contributed by atoms with van der Waals surface area (Å²) in [6, 6.07) is 6.85. The number of nitrogens with one attached hydrogen (secondary N) is 2. The molecular weight excluding hydrogens is 340 g/mol. The van der Waals surface area contributed by atoms with Crippen LogP contribution in [0.5, 0.6) is 0 Å². The number of likely N-dealkylation sites (N-methyl/N-ethyl adjacent to an activating group) is 1. The number of hydrogen-bond donors (Lipinski definition) is 2. The molecular formula is C17H28N4O3S+2. The molecule has 7 nitrogen and oxygen atoms in total. The molecule has 0 aliphatic carbocycles. The molecule has 2 heterocycles. The maximum absolute atomic E-state index is 12.7. The average molecular weight is 369 g/mol. The van der Waals surface area contributed by atoms with Gasteiger partial charge in [-0.25, -0.2) is 8.42 Å². The summed E-state index contributed by atoms with van der Waals surface area (Å²) in [6.45, 7) is 7.54. The highest BCUT2D eigenvalue weighted by Crippen LogP contribution is 2.19. The Kier molecular flexibility index (Phi) is 5.43. The second-order valence-electron chi connectivity index (χ2n) is 7.18. The Morgan fingerprint density at radius 3 is 2.36 bits per heavy atom. The largest absolute Gasteiger partial charge is 0.328 e. The van der Waals surface area contributed by atoms with Crippen molar-refractivity contribution in [1.29, 1.82) is 0 Å². The van der Waals surface area contributed by atoms with Gasteiger partial charge in [0.2, 0.25) is 10.0 Å². The highest BCUT2D eigenvalue weighted by Gasteiger charge is 2.35. The third kappa shape index (κ3) is 4.20. The fourth-order valence-electron chi connectivity index (χ4n) is 3.36. The zero-order chi connectivity index (χ0) is 18.0. The first kappa shape index (κ1) is 18.3. The van der Waals surface area contributed by atoms with Crippen molar-refractivity contribution in [2.45, 2.75) is 11.8 Å². The Morgan fingerprint density at radius 1 is 1.08 bits per heavy atom. The summed E-state index contributed by atoms with van der Waals surface area (Å²) in [6.07, 6.45) is 0. The molecule has 0 atom stereocenters. The normalized spacial score (nSPS) is 25.3. The zero-order valence-electron chi connectivity index (χ0n) is 15.0. The molecule has 1 aromatic carbocycles. The molecule has 2 aliphatic heterocycles. The van der Waals surface area contributed by atoms with E-state index < -0.39 is 10.0 Å². The molecule has 0 radical (unpaired) electrons. The maximum atomic E-state index is 12.7. The van der Waals surface area contributed by atoms with Gasteiger partial charge >= 0.3 is 0 Å². The molecule has 8 heteroatoms. The molecule has 0 saturated carbocycles. The highest BCUT2D eigenvalue weighted by atomic mass is 32.2. The minimum Gasteiger partial charge on any atom is -0.328 e. The van der Waals surface area contributed by atoms with Crippen molar-refractivity contribution in [1.82, 2.24) is 9.21 Å². The average Bonchev–Trinajstić information content (AvgIpc) is 3.08. The number of carbonyl (C=O) groups excluding carboxylic acids is 1. The Morgan fingerprint density at radius 2 is 1.72 bits per heavy atom. The Bertz CT molecular complexity index is 712. The van der Waals surface area contributed by atoms with Crippen molar-refractivity contribution >= 4 is 15.9 Å². The van der Waals surface area contributed by atoms with E-state index >= 15 is 0 Å². The Hall–Kier alpha value is -1.48. The smallest absolute Gasteiger partial charge is 0.278 e. The van der Waals surface area contributed by atoms with E-state index in [0.717, 1.165) is 31.7 Å². The van der Waals surface area contributed by atoms with Crippen LogP contribution in [0.15, 0.2) is 29.2 Å². The fraction of sp³-hybridized carbons (Fsp3) is 0.588. The molecule has 2 saturated heterocycles. The number of carbonyl (C=O) groups is 1. The quantitative estimate of drug-likeness (QED) is 0.603. The molecule has 1 aromatic rings. The van der Waals surface area contributed by atoms with Crippen LogP contribution in [0, 0.1) is 6.92 Å². The van der Waals surface area contributed by atoms with Gasteiger partial charge in [0, 0.05) is 13.1 Å². The predicted octanol–water partition coefficient (Wildman–Crippen LogP) is -2.80. The summed E-state index contributed by atoms with van der Waals surface area (Å²) in [7, 11) is -1.36. The lowest BCUT2D eigenvalue weighted by Crippen LogP contribution is -3.27. The Balaban J connectivity index is 1.59. The summed E-state index contributed by atoms with van der Waals surface area (Å²) in [4.78, 5) is 17.3. The van der Waals surface area contributed by atoms with Crippen LogP contribution in [0.1, 0.15) is 5.56 Å². The van der Waals surface area contributed by atoms with E-state index in [1.807, 2.05) is 6.92 Å².